The fraction of sp³-hybridized carbons (Fsp3) is 0.846. The second-order valence-corrected chi connectivity index (χ2v) is 4.77. The Balaban J connectivity index is 2.81. The summed E-state index contributed by atoms with van der Waals surface area (Å²) in [5.41, 5.74) is 0.977. The Kier molecular flexibility index (Phi) is 4.78. The zero-order valence-electron chi connectivity index (χ0n) is 10.2. The van der Waals surface area contributed by atoms with Crippen molar-refractivity contribution >= 4 is 0 Å². The second kappa shape index (κ2) is 5.64. The first-order valence-corrected chi connectivity index (χ1v) is 5.96. The molecule has 0 aromatic carbocycles. The van der Waals surface area contributed by atoms with Crippen LogP contribution in [0.3, 0.4) is 0 Å². The molecule has 2 atom stereocenters. The molecule has 0 fully saturated rings. The molecule has 0 aromatic heterocycles. The maximum absolute atomic E-state index is 14.2. The summed E-state index contributed by atoms with van der Waals surface area (Å²) in [6, 6.07) is 0. The molecular weight excluding hydrogens is 191 g/mol. The van der Waals surface area contributed by atoms with E-state index < -0.39 is 6.17 Å². The van der Waals surface area contributed by atoms with E-state index in [2.05, 4.69) is 13.0 Å². The van der Waals surface area contributed by atoms with E-state index >= 15 is 0 Å². The lowest BCUT2D eigenvalue weighted by molar-refractivity contribution is 0.0313. The fourth-order valence-corrected chi connectivity index (χ4v) is 2.59. The van der Waals surface area contributed by atoms with E-state index in [1.165, 1.54) is 5.57 Å². The third-order valence-electron chi connectivity index (χ3n) is 3.33. The van der Waals surface area contributed by atoms with Crippen LogP contribution in [0.1, 0.15) is 46.0 Å². The van der Waals surface area contributed by atoms with Gasteiger partial charge in [0.25, 0.3) is 0 Å². The van der Waals surface area contributed by atoms with Crippen molar-refractivity contribution < 1.29 is 9.13 Å². The van der Waals surface area contributed by atoms with Gasteiger partial charge in [-0.25, -0.2) is 4.39 Å². The van der Waals surface area contributed by atoms with Crippen LogP contribution in [0, 0.1) is 5.41 Å². The quantitative estimate of drug-likeness (QED) is 0.631. The van der Waals surface area contributed by atoms with Crippen molar-refractivity contribution in [2.45, 2.75) is 52.1 Å². The molecule has 0 aliphatic heterocycles. The van der Waals surface area contributed by atoms with Crippen LogP contribution in [-0.4, -0.2) is 19.9 Å². The van der Waals surface area contributed by atoms with Crippen LogP contribution >= 0.6 is 0 Å². The minimum atomic E-state index is -0.752. The fourth-order valence-electron chi connectivity index (χ4n) is 2.59. The van der Waals surface area contributed by atoms with Gasteiger partial charge in [-0.15, -0.1) is 0 Å². The van der Waals surface area contributed by atoms with Gasteiger partial charge < -0.3 is 4.74 Å². The number of alkyl halides is 1. The number of allylic oxidation sites excluding steroid dienone is 1. The van der Waals surface area contributed by atoms with Crippen molar-refractivity contribution in [1.29, 1.82) is 0 Å². The van der Waals surface area contributed by atoms with Crippen molar-refractivity contribution in [1.82, 2.24) is 0 Å². The Morgan fingerprint density at radius 1 is 1.60 bits per heavy atom. The van der Waals surface area contributed by atoms with Crippen molar-refractivity contribution in [2.24, 2.45) is 5.41 Å². The number of hydrogen-bond acceptors (Lipinski definition) is 1. The average molecular weight is 214 g/mol. The molecule has 0 saturated carbocycles. The number of halogens is 1. The number of ether oxygens (including phenoxy) is 1. The number of rotatable bonds is 5. The predicted octanol–water partition coefficient (Wildman–Crippen LogP) is 3.89. The summed E-state index contributed by atoms with van der Waals surface area (Å²) in [6.45, 7) is 4.65. The second-order valence-electron chi connectivity index (χ2n) is 4.77. The molecule has 15 heavy (non-hydrogen) atoms. The molecule has 1 aliphatic rings. The van der Waals surface area contributed by atoms with E-state index in [0.29, 0.717) is 13.0 Å². The molecule has 1 nitrogen and oxygen atoms in total. The van der Waals surface area contributed by atoms with E-state index in [9.17, 15) is 4.39 Å². The molecular formula is C13H23FO. The summed E-state index contributed by atoms with van der Waals surface area (Å²) >= 11 is 0. The normalized spacial score (nSPS) is 28.7. The zero-order valence-corrected chi connectivity index (χ0v) is 10.2. The van der Waals surface area contributed by atoms with Crippen molar-refractivity contribution in [3.05, 3.63) is 11.6 Å². The van der Waals surface area contributed by atoms with Gasteiger partial charge in [0.2, 0.25) is 0 Å². The van der Waals surface area contributed by atoms with E-state index in [1.54, 1.807) is 7.11 Å². The number of methoxy groups -OCH3 is 1. The smallest absolute Gasteiger partial charge is 0.111 e. The highest BCUT2D eigenvalue weighted by Gasteiger charge is 2.38. The molecule has 88 valence electrons. The molecule has 0 bridgehead atoms. The lowest BCUT2D eigenvalue weighted by atomic mass is 9.72. The molecule has 0 spiro atoms. The molecule has 0 saturated heterocycles. The van der Waals surface area contributed by atoms with Crippen LogP contribution in [0.5, 0.6) is 0 Å². The predicted molar refractivity (Wildman–Crippen MR) is 61.7 cm³/mol. The van der Waals surface area contributed by atoms with Gasteiger partial charge >= 0.3 is 0 Å². The van der Waals surface area contributed by atoms with Gasteiger partial charge in [0.15, 0.2) is 0 Å². The average Bonchev–Trinajstić information content (AvgIpc) is 2.18. The molecule has 0 unspecified atom stereocenters. The summed E-state index contributed by atoms with van der Waals surface area (Å²) in [6.07, 6.45) is 6.06. The zero-order chi connectivity index (χ0) is 11.3. The van der Waals surface area contributed by atoms with Crippen molar-refractivity contribution in [3.63, 3.8) is 0 Å². The molecule has 0 aromatic rings. The minimum absolute atomic E-state index is 0.340. The summed E-state index contributed by atoms with van der Waals surface area (Å²) in [5.74, 6) is 0. The first kappa shape index (κ1) is 12.7. The first-order chi connectivity index (χ1) is 7.14. The number of hydrogen-bond donors (Lipinski definition) is 0. The highest BCUT2D eigenvalue weighted by atomic mass is 19.1. The Bertz CT molecular complexity index is 225. The highest BCUT2D eigenvalue weighted by Crippen LogP contribution is 2.40. The first-order valence-electron chi connectivity index (χ1n) is 5.96. The Hall–Kier alpha value is -0.370. The summed E-state index contributed by atoms with van der Waals surface area (Å²) in [7, 11) is 1.66. The van der Waals surface area contributed by atoms with Gasteiger partial charge in [-0.1, -0.05) is 25.0 Å². The molecule has 2 heteroatoms. The van der Waals surface area contributed by atoms with Gasteiger partial charge in [-0.05, 0) is 32.6 Å². The van der Waals surface area contributed by atoms with Gasteiger partial charge in [0, 0.05) is 12.5 Å². The third-order valence-corrected chi connectivity index (χ3v) is 3.33. The maximum Gasteiger partial charge on any atom is 0.111 e. The summed E-state index contributed by atoms with van der Waals surface area (Å²) in [5, 5.41) is 0. The molecule has 0 amide bonds. The van der Waals surface area contributed by atoms with Gasteiger partial charge in [-0.2, -0.15) is 0 Å². The SMILES string of the molecule is CCC[C@@H](F)[C@]1(COC)C=C(C)CCC1. The Morgan fingerprint density at radius 3 is 2.87 bits per heavy atom. The van der Waals surface area contributed by atoms with Gasteiger partial charge in [-0.3, -0.25) is 0 Å². The lowest BCUT2D eigenvalue weighted by Crippen LogP contribution is -2.36. The molecule has 0 radical (unpaired) electrons. The largest absolute Gasteiger partial charge is 0.384 e. The lowest BCUT2D eigenvalue weighted by Gasteiger charge is -2.37. The van der Waals surface area contributed by atoms with Crippen LogP contribution in [0.25, 0.3) is 0 Å². The van der Waals surface area contributed by atoms with Crippen molar-refractivity contribution in [2.75, 3.05) is 13.7 Å². The van der Waals surface area contributed by atoms with Crippen LogP contribution in [0.2, 0.25) is 0 Å². The third kappa shape index (κ3) is 3.04. The van der Waals surface area contributed by atoms with Gasteiger partial charge in [0.1, 0.15) is 6.17 Å². The molecule has 1 aliphatic carbocycles. The summed E-state index contributed by atoms with van der Waals surface area (Å²) < 4.78 is 19.4. The van der Waals surface area contributed by atoms with E-state index in [-0.39, 0.29) is 5.41 Å². The molecule has 0 N–H and O–H groups in total. The van der Waals surface area contributed by atoms with E-state index in [4.69, 9.17) is 4.74 Å². The van der Waals surface area contributed by atoms with Crippen LogP contribution in [0.15, 0.2) is 11.6 Å². The summed E-state index contributed by atoms with van der Waals surface area (Å²) in [4.78, 5) is 0. The topological polar surface area (TPSA) is 9.23 Å². The van der Waals surface area contributed by atoms with Gasteiger partial charge in [0.05, 0.1) is 6.61 Å². The van der Waals surface area contributed by atoms with E-state index in [1.807, 2.05) is 6.92 Å². The molecule has 0 heterocycles. The van der Waals surface area contributed by atoms with Crippen LogP contribution < -0.4 is 0 Å². The Labute approximate surface area is 92.7 Å². The minimum Gasteiger partial charge on any atom is -0.384 e. The van der Waals surface area contributed by atoms with Crippen molar-refractivity contribution in [3.8, 4) is 0 Å². The van der Waals surface area contributed by atoms with Crippen LogP contribution in [0.4, 0.5) is 4.39 Å². The monoisotopic (exact) mass is 214 g/mol. The van der Waals surface area contributed by atoms with E-state index in [0.717, 1.165) is 25.7 Å². The Morgan fingerprint density at radius 2 is 2.33 bits per heavy atom. The maximum atomic E-state index is 14.2. The standard InChI is InChI=1S/C13H23FO/c1-4-6-12(14)13(10-15-3)8-5-7-11(2)9-13/h9,12H,4-8,10H2,1-3H3/t12-,13+/m1/s1. The molecule has 1 rings (SSSR count). The van der Waals surface area contributed by atoms with Crippen LogP contribution in [-0.2, 0) is 4.74 Å². The highest BCUT2D eigenvalue weighted by molar-refractivity contribution is 5.14.